The van der Waals surface area contributed by atoms with Crippen LogP contribution in [-0.4, -0.2) is 29.6 Å². The van der Waals surface area contributed by atoms with Gasteiger partial charge in [-0.2, -0.15) is 0 Å². The second kappa shape index (κ2) is 9.68. The SMILES string of the molecule is CCOc1ccccc1C(=O)NC(=S)Nc1ccc(C(=O)NC(C)C)cc1. The van der Waals surface area contributed by atoms with Crippen molar-refractivity contribution in [2.75, 3.05) is 11.9 Å². The van der Waals surface area contributed by atoms with Crippen LogP contribution in [-0.2, 0) is 0 Å². The molecular formula is C20H23N3O3S. The molecule has 0 saturated heterocycles. The number of rotatable bonds is 6. The van der Waals surface area contributed by atoms with Crippen LogP contribution >= 0.6 is 12.2 Å². The average Bonchev–Trinajstić information content (AvgIpc) is 2.62. The van der Waals surface area contributed by atoms with Crippen LogP contribution in [0.5, 0.6) is 5.75 Å². The molecule has 0 heterocycles. The quantitative estimate of drug-likeness (QED) is 0.665. The van der Waals surface area contributed by atoms with Gasteiger partial charge in [-0.3, -0.25) is 14.9 Å². The molecular weight excluding hydrogens is 362 g/mol. The van der Waals surface area contributed by atoms with Gasteiger partial charge in [0.15, 0.2) is 5.11 Å². The van der Waals surface area contributed by atoms with Crippen LogP contribution in [0.2, 0.25) is 0 Å². The molecule has 2 amide bonds. The summed E-state index contributed by atoms with van der Waals surface area (Å²) < 4.78 is 5.46. The van der Waals surface area contributed by atoms with Gasteiger partial charge in [0.25, 0.3) is 11.8 Å². The maximum Gasteiger partial charge on any atom is 0.261 e. The van der Waals surface area contributed by atoms with Gasteiger partial charge in [0.1, 0.15) is 5.75 Å². The van der Waals surface area contributed by atoms with E-state index in [-0.39, 0.29) is 23.0 Å². The Morgan fingerprint density at radius 2 is 1.70 bits per heavy atom. The molecule has 2 aromatic carbocycles. The van der Waals surface area contributed by atoms with Crippen LogP contribution in [0.1, 0.15) is 41.5 Å². The predicted octanol–water partition coefficient (Wildman–Crippen LogP) is 3.35. The molecule has 0 aliphatic rings. The minimum absolute atomic E-state index is 0.0673. The second-order valence-electron chi connectivity index (χ2n) is 6.04. The molecule has 2 aromatic rings. The van der Waals surface area contributed by atoms with Crippen molar-refractivity contribution in [3.8, 4) is 5.75 Å². The van der Waals surface area contributed by atoms with E-state index in [9.17, 15) is 9.59 Å². The molecule has 0 saturated carbocycles. The lowest BCUT2D eigenvalue weighted by atomic mass is 10.2. The number of carbonyl (C=O) groups is 2. The summed E-state index contributed by atoms with van der Waals surface area (Å²) in [6.45, 7) is 6.12. The van der Waals surface area contributed by atoms with E-state index in [1.54, 1.807) is 48.5 Å². The Morgan fingerprint density at radius 3 is 2.33 bits per heavy atom. The highest BCUT2D eigenvalue weighted by molar-refractivity contribution is 7.80. The summed E-state index contributed by atoms with van der Waals surface area (Å²) >= 11 is 5.20. The van der Waals surface area contributed by atoms with Crippen molar-refractivity contribution >= 4 is 34.8 Å². The number of para-hydroxylation sites is 1. The number of benzene rings is 2. The van der Waals surface area contributed by atoms with Crippen LogP contribution in [0, 0.1) is 0 Å². The summed E-state index contributed by atoms with van der Waals surface area (Å²) in [5.41, 5.74) is 1.62. The van der Waals surface area contributed by atoms with Crippen molar-refractivity contribution in [2.24, 2.45) is 0 Å². The lowest BCUT2D eigenvalue weighted by Gasteiger charge is -2.13. The Morgan fingerprint density at radius 1 is 1.04 bits per heavy atom. The van der Waals surface area contributed by atoms with Crippen molar-refractivity contribution in [1.29, 1.82) is 0 Å². The predicted molar refractivity (Wildman–Crippen MR) is 110 cm³/mol. The standard InChI is InChI=1S/C20H23N3O3S/c1-4-26-17-8-6-5-7-16(17)19(25)23-20(27)22-15-11-9-14(10-12-15)18(24)21-13(2)3/h5-13H,4H2,1-3H3,(H,21,24)(H2,22,23,25,27). The largest absolute Gasteiger partial charge is 0.493 e. The van der Waals surface area contributed by atoms with Crippen LogP contribution in [0.25, 0.3) is 0 Å². The first-order chi connectivity index (χ1) is 12.9. The van der Waals surface area contributed by atoms with Gasteiger partial charge in [-0.25, -0.2) is 0 Å². The third-order valence-electron chi connectivity index (χ3n) is 3.48. The maximum atomic E-state index is 12.4. The summed E-state index contributed by atoms with van der Waals surface area (Å²) in [4.78, 5) is 24.4. The first-order valence-electron chi connectivity index (χ1n) is 8.65. The van der Waals surface area contributed by atoms with Crippen molar-refractivity contribution < 1.29 is 14.3 Å². The number of hydrogen-bond acceptors (Lipinski definition) is 4. The van der Waals surface area contributed by atoms with E-state index < -0.39 is 0 Å². The van der Waals surface area contributed by atoms with E-state index in [1.807, 2.05) is 20.8 Å². The van der Waals surface area contributed by atoms with E-state index in [4.69, 9.17) is 17.0 Å². The number of anilines is 1. The van der Waals surface area contributed by atoms with Gasteiger partial charge in [0, 0.05) is 17.3 Å². The van der Waals surface area contributed by atoms with E-state index >= 15 is 0 Å². The molecule has 0 fully saturated rings. The van der Waals surface area contributed by atoms with Crippen molar-refractivity contribution in [2.45, 2.75) is 26.8 Å². The Hall–Kier alpha value is -2.93. The number of ether oxygens (including phenoxy) is 1. The molecule has 0 bridgehead atoms. The Bertz CT molecular complexity index is 819. The normalized spacial score (nSPS) is 10.2. The number of hydrogen-bond donors (Lipinski definition) is 3. The van der Waals surface area contributed by atoms with Crippen molar-refractivity contribution in [3.63, 3.8) is 0 Å². The fourth-order valence-corrected chi connectivity index (χ4v) is 2.53. The molecule has 0 unspecified atom stereocenters. The highest BCUT2D eigenvalue weighted by atomic mass is 32.1. The lowest BCUT2D eigenvalue weighted by molar-refractivity contribution is 0.0941. The maximum absolute atomic E-state index is 12.4. The number of carbonyl (C=O) groups excluding carboxylic acids is 2. The van der Waals surface area contributed by atoms with Crippen LogP contribution in [0.15, 0.2) is 48.5 Å². The molecule has 0 radical (unpaired) electrons. The number of thiocarbonyl (C=S) groups is 1. The Kier molecular flexibility index (Phi) is 7.31. The Labute approximate surface area is 164 Å². The van der Waals surface area contributed by atoms with Gasteiger partial charge < -0.3 is 15.4 Å². The van der Waals surface area contributed by atoms with Gasteiger partial charge >= 0.3 is 0 Å². The fourth-order valence-electron chi connectivity index (χ4n) is 2.32. The van der Waals surface area contributed by atoms with E-state index in [0.29, 0.717) is 29.2 Å². The third kappa shape index (κ3) is 6.07. The molecule has 3 N–H and O–H groups in total. The van der Waals surface area contributed by atoms with Crippen molar-refractivity contribution in [3.05, 3.63) is 59.7 Å². The van der Waals surface area contributed by atoms with Gasteiger partial charge in [0.2, 0.25) is 0 Å². The van der Waals surface area contributed by atoms with E-state index in [0.717, 1.165) is 0 Å². The topological polar surface area (TPSA) is 79.5 Å². The monoisotopic (exact) mass is 385 g/mol. The molecule has 0 atom stereocenters. The van der Waals surface area contributed by atoms with Crippen LogP contribution in [0.4, 0.5) is 5.69 Å². The summed E-state index contributed by atoms with van der Waals surface area (Å²) in [5.74, 6) is 0.00487. The number of amides is 2. The lowest BCUT2D eigenvalue weighted by Crippen LogP contribution is -2.34. The molecule has 0 aliphatic carbocycles. The van der Waals surface area contributed by atoms with Crippen molar-refractivity contribution in [1.82, 2.24) is 10.6 Å². The smallest absolute Gasteiger partial charge is 0.261 e. The highest BCUT2D eigenvalue weighted by Gasteiger charge is 2.13. The minimum Gasteiger partial charge on any atom is -0.493 e. The zero-order valence-electron chi connectivity index (χ0n) is 15.5. The molecule has 2 rings (SSSR count). The van der Waals surface area contributed by atoms with Crippen LogP contribution in [0.3, 0.4) is 0 Å². The molecule has 27 heavy (non-hydrogen) atoms. The van der Waals surface area contributed by atoms with E-state index in [1.165, 1.54) is 0 Å². The van der Waals surface area contributed by atoms with Gasteiger partial charge in [-0.1, -0.05) is 12.1 Å². The zero-order valence-corrected chi connectivity index (χ0v) is 16.4. The highest BCUT2D eigenvalue weighted by Crippen LogP contribution is 2.18. The molecule has 142 valence electrons. The second-order valence-corrected chi connectivity index (χ2v) is 6.45. The minimum atomic E-state index is -0.357. The summed E-state index contributed by atoms with van der Waals surface area (Å²) in [6, 6.07) is 13.9. The number of nitrogens with one attached hydrogen (secondary N) is 3. The summed E-state index contributed by atoms with van der Waals surface area (Å²) in [7, 11) is 0. The van der Waals surface area contributed by atoms with Gasteiger partial charge in [-0.05, 0) is 69.4 Å². The fraction of sp³-hybridized carbons (Fsp3) is 0.250. The Balaban J connectivity index is 1.97. The molecule has 0 spiro atoms. The summed E-state index contributed by atoms with van der Waals surface area (Å²) in [5, 5.41) is 8.54. The molecule has 7 heteroatoms. The van der Waals surface area contributed by atoms with Gasteiger partial charge in [0.05, 0.1) is 12.2 Å². The van der Waals surface area contributed by atoms with Crippen LogP contribution < -0.4 is 20.7 Å². The third-order valence-corrected chi connectivity index (χ3v) is 3.69. The summed E-state index contributed by atoms with van der Waals surface area (Å²) in [6.07, 6.45) is 0. The molecule has 0 aromatic heterocycles. The first kappa shape index (κ1) is 20.4. The van der Waals surface area contributed by atoms with E-state index in [2.05, 4.69) is 16.0 Å². The molecule has 0 aliphatic heterocycles. The average molecular weight is 385 g/mol. The van der Waals surface area contributed by atoms with Gasteiger partial charge in [-0.15, -0.1) is 0 Å². The zero-order chi connectivity index (χ0) is 19.8. The first-order valence-corrected chi connectivity index (χ1v) is 9.06. The molecule has 6 nitrogen and oxygen atoms in total.